The molecule has 0 aliphatic heterocycles. The molecule has 0 saturated carbocycles. The standard InChI is InChI=1S/C13H19N5O2S/c1-4-10-5-6-11(7-12(10)14)21(19,20)18(3)8-13-15-9(2)16-17-13/h5-7H,4,8,14H2,1-3H3,(H,15,16,17). The number of nitrogens with one attached hydrogen (secondary N) is 1. The molecule has 3 N–H and O–H groups in total. The first-order valence-corrected chi connectivity index (χ1v) is 8.01. The van der Waals surface area contributed by atoms with Crippen molar-refractivity contribution in [1.29, 1.82) is 0 Å². The Balaban J connectivity index is 2.26. The molecule has 1 heterocycles. The molecule has 0 fully saturated rings. The molecule has 114 valence electrons. The number of H-pyrrole nitrogens is 1. The summed E-state index contributed by atoms with van der Waals surface area (Å²) in [6, 6.07) is 4.81. The van der Waals surface area contributed by atoms with Gasteiger partial charge in [0.2, 0.25) is 10.0 Å². The first-order valence-electron chi connectivity index (χ1n) is 6.57. The summed E-state index contributed by atoms with van der Waals surface area (Å²) in [5.41, 5.74) is 7.29. The van der Waals surface area contributed by atoms with E-state index in [2.05, 4.69) is 15.2 Å². The van der Waals surface area contributed by atoms with Crippen LogP contribution in [-0.4, -0.2) is 35.0 Å². The van der Waals surface area contributed by atoms with Crippen molar-refractivity contribution in [3.05, 3.63) is 35.4 Å². The number of aryl methyl sites for hydroxylation is 2. The lowest BCUT2D eigenvalue weighted by atomic mass is 10.1. The number of nitrogens with zero attached hydrogens (tertiary/aromatic N) is 3. The Bertz CT molecular complexity index is 739. The normalized spacial score (nSPS) is 12.0. The highest BCUT2D eigenvalue weighted by molar-refractivity contribution is 7.89. The van der Waals surface area contributed by atoms with Gasteiger partial charge in [-0.05, 0) is 31.0 Å². The molecule has 1 aromatic heterocycles. The predicted molar refractivity (Wildman–Crippen MR) is 80.0 cm³/mol. The maximum absolute atomic E-state index is 12.5. The smallest absolute Gasteiger partial charge is 0.243 e. The minimum absolute atomic E-state index is 0.0993. The van der Waals surface area contributed by atoms with Crippen LogP contribution in [0.3, 0.4) is 0 Å². The van der Waals surface area contributed by atoms with Crippen LogP contribution in [0.2, 0.25) is 0 Å². The Labute approximate surface area is 124 Å². The molecule has 0 spiro atoms. The highest BCUT2D eigenvalue weighted by Crippen LogP contribution is 2.21. The van der Waals surface area contributed by atoms with Gasteiger partial charge >= 0.3 is 0 Å². The van der Waals surface area contributed by atoms with E-state index in [1.807, 2.05) is 6.92 Å². The van der Waals surface area contributed by atoms with Crippen molar-refractivity contribution in [3.63, 3.8) is 0 Å². The monoisotopic (exact) mass is 309 g/mol. The molecule has 0 saturated heterocycles. The van der Waals surface area contributed by atoms with E-state index in [0.717, 1.165) is 12.0 Å². The number of benzene rings is 1. The van der Waals surface area contributed by atoms with Crippen molar-refractivity contribution < 1.29 is 8.42 Å². The number of anilines is 1. The Morgan fingerprint density at radius 3 is 2.62 bits per heavy atom. The molecule has 0 radical (unpaired) electrons. The zero-order valence-corrected chi connectivity index (χ0v) is 13.1. The van der Waals surface area contributed by atoms with Crippen LogP contribution >= 0.6 is 0 Å². The van der Waals surface area contributed by atoms with Gasteiger partial charge < -0.3 is 5.73 Å². The molecule has 0 aliphatic carbocycles. The van der Waals surface area contributed by atoms with Crippen LogP contribution in [0.25, 0.3) is 0 Å². The van der Waals surface area contributed by atoms with Gasteiger partial charge in [-0.15, -0.1) is 0 Å². The number of aromatic nitrogens is 3. The van der Waals surface area contributed by atoms with E-state index in [4.69, 9.17) is 5.73 Å². The number of rotatable bonds is 5. The molecule has 0 atom stereocenters. The Hall–Kier alpha value is -1.93. The van der Waals surface area contributed by atoms with E-state index >= 15 is 0 Å². The molecule has 2 rings (SSSR count). The Morgan fingerprint density at radius 1 is 1.38 bits per heavy atom. The Kier molecular flexibility index (Phi) is 4.29. The summed E-state index contributed by atoms with van der Waals surface area (Å²) in [6.45, 7) is 3.83. The first-order chi connectivity index (χ1) is 9.84. The van der Waals surface area contributed by atoms with Gasteiger partial charge in [0.05, 0.1) is 11.4 Å². The molecule has 1 aromatic carbocycles. The van der Waals surface area contributed by atoms with Gasteiger partial charge in [-0.1, -0.05) is 13.0 Å². The predicted octanol–water partition coefficient (Wildman–Crippen LogP) is 1.08. The Morgan fingerprint density at radius 2 is 2.10 bits per heavy atom. The van der Waals surface area contributed by atoms with Gasteiger partial charge in [-0.25, -0.2) is 13.4 Å². The van der Waals surface area contributed by atoms with Gasteiger partial charge in [-0.2, -0.15) is 9.40 Å². The zero-order chi connectivity index (χ0) is 15.6. The highest BCUT2D eigenvalue weighted by atomic mass is 32.2. The van der Waals surface area contributed by atoms with Gasteiger partial charge in [0.15, 0.2) is 5.82 Å². The minimum Gasteiger partial charge on any atom is -0.398 e. The van der Waals surface area contributed by atoms with Crippen molar-refractivity contribution in [1.82, 2.24) is 19.5 Å². The fourth-order valence-electron chi connectivity index (χ4n) is 1.98. The number of hydrogen-bond acceptors (Lipinski definition) is 5. The van der Waals surface area contributed by atoms with Crippen LogP contribution in [0.4, 0.5) is 5.69 Å². The highest BCUT2D eigenvalue weighted by Gasteiger charge is 2.22. The summed E-state index contributed by atoms with van der Waals surface area (Å²) < 4.78 is 26.2. The zero-order valence-electron chi connectivity index (χ0n) is 12.3. The molecule has 21 heavy (non-hydrogen) atoms. The van der Waals surface area contributed by atoms with E-state index in [9.17, 15) is 8.42 Å². The SMILES string of the molecule is CCc1ccc(S(=O)(=O)N(C)Cc2n[nH]c(C)n2)cc1N. The second-order valence-electron chi connectivity index (χ2n) is 4.81. The quantitative estimate of drug-likeness (QED) is 0.804. The second kappa shape index (κ2) is 5.82. The van der Waals surface area contributed by atoms with Crippen LogP contribution in [0.1, 0.15) is 24.1 Å². The third-order valence-electron chi connectivity index (χ3n) is 3.21. The fraction of sp³-hybridized carbons (Fsp3) is 0.385. The number of hydrogen-bond donors (Lipinski definition) is 2. The van der Waals surface area contributed by atoms with Crippen LogP contribution in [-0.2, 0) is 23.0 Å². The van der Waals surface area contributed by atoms with E-state index in [0.29, 0.717) is 17.3 Å². The molecular formula is C13H19N5O2S. The maximum Gasteiger partial charge on any atom is 0.243 e. The van der Waals surface area contributed by atoms with Crippen molar-refractivity contribution in [2.75, 3.05) is 12.8 Å². The van der Waals surface area contributed by atoms with Gasteiger partial charge in [0.1, 0.15) is 5.82 Å². The molecule has 0 unspecified atom stereocenters. The third-order valence-corrected chi connectivity index (χ3v) is 5.01. The van der Waals surface area contributed by atoms with Crippen LogP contribution in [0, 0.1) is 6.92 Å². The number of sulfonamides is 1. The molecule has 8 heteroatoms. The van der Waals surface area contributed by atoms with Crippen LogP contribution < -0.4 is 5.73 Å². The summed E-state index contributed by atoms with van der Waals surface area (Å²) in [7, 11) is -2.12. The van der Waals surface area contributed by atoms with Crippen LogP contribution in [0.15, 0.2) is 23.1 Å². The topological polar surface area (TPSA) is 105 Å². The van der Waals surface area contributed by atoms with Crippen molar-refractivity contribution >= 4 is 15.7 Å². The third kappa shape index (κ3) is 3.22. The van der Waals surface area contributed by atoms with Crippen molar-refractivity contribution in [2.24, 2.45) is 0 Å². The van der Waals surface area contributed by atoms with Gasteiger partial charge in [0, 0.05) is 12.7 Å². The van der Waals surface area contributed by atoms with Gasteiger partial charge in [0.25, 0.3) is 0 Å². The van der Waals surface area contributed by atoms with Crippen LogP contribution in [0.5, 0.6) is 0 Å². The molecule has 0 aliphatic rings. The maximum atomic E-state index is 12.5. The molecule has 2 aromatic rings. The average Bonchev–Trinajstić information content (AvgIpc) is 2.83. The van der Waals surface area contributed by atoms with E-state index in [-0.39, 0.29) is 11.4 Å². The van der Waals surface area contributed by atoms with E-state index in [1.165, 1.54) is 17.4 Å². The molecule has 7 nitrogen and oxygen atoms in total. The lowest BCUT2D eigenvalue weighted by molar-refractivity contribution is 0.457. The summed E-state index contributed by atoms with van der Waals surface area (Å²) in [6.07, 6.45) is 0.762. The van der Waals surface area contributed by atoms with Crippen molar-refractivity contribution in [3.8, 4) is 0 Å². The molecule has 0 amide bonds. The molecular weight excluding hydrogens is 290 g/mol. The minimum atomic E-state index is -3.62. The van der Waals surface area contributed by atoms with Crippen molar-refractivity contribution in [2.45, 2.75) is 31.7 Å². The van der Waals surface area contributed by atoms with E-state index < -0.39 is 10.0 Å². The summed E-state index contributed by atoms with van der Waals surface area (Å²) in [5.74, 6) is 1.07. The summed E-state index contributed by atoms with van der Waals surface area (Å²) in [4.78, 5) is 4.28. The average molecular weight is 309 g/mol. The van der Waals surface area contributed by atoms with Gasteiger partial charge in [-0.3, -0.25) is 5.10 Å². The lowest BCUT2D eigenvalue weighted by Gasteiger charge is -2.16. The first kappa shape index (κ1) is 15.5. The summed E-state index contributed by atoms with van der Waals surface area (Å²) >= 11 is 0. The number of aromatic amines is 1. The lowest BCUT2D eigenvalue weighted by Crippen LogP contribution is -2.27. The fourth-order valence-corrected chi connectivity index (χ4v) is 3.14. The summed E-state index contributed by atoms with van der Waals surface area (Å²) in [5, 5.41) is 6.63. The second-order valence-corrected chi connectivity index (χ2v) is 6.86. The number of nitrogens with two attached hydrogens (primary N) is 1. The van der Waals surface area contributed by atoms with E-state index in [1.54, 1.807) is 19.1 Å². The number of nitrogen functional groups attached to an aromatic ring is 1. The molecule has 0 bridgehead atoms. The largest absolute Gasteiger partial charge is 0.398 e.